The fraction of sp³-hybridized carbons (Fsp3) is 0.118. The van der Waals surface area contributed by atoms with E-state index in [4.69, 9.17) is 10.5 Å². The maximum Gasteiger partial charge on any atom is 0.284 e. The van der Waals surface area contributed by atoms with Crippen LogP contribution < -0.4 is 15.8 Å². The molecule has 0 unspecified atom stereocenters. The number of benzene rings is 2. The summed E-state index contributed by atoms with van der Waals surface area (Å²) < 4.78 is 5.26. The summed E-state index contributed by atoms with van der Waals surface area (Å²) in [6.45, 7) is 0.312. The van der Waals surface area contributed by atoms with Crippen molar-refractivity contribution in [2.45, 2.75) is 6.54 Å². The molecule has 0 aliphatic heterocycles. The van der Waals surface area contributed by atoms with Crippen molar-refractivity contribution in [1.82, 2.24) is 15.3 Å². The van der Waals surface area contributed by atoms with E-state index >= 15 is 0 Å². The number of hydrogen-bond acceptors (Lipinski definition) is 4. The van der Waals surface area contributed by atoms with Crippen molar-refractivity contribution in [2.24, 2.45) is 5.73 Å². The number of carbonyl (C=O) groups excluding carboxylic acids is 2. The first-order valence-corrected chi connectivity index (χ1v) is 7.28. The Morgan fingerprint density at radius 1 is 1.21 bits per heavy atom. The number of nitrogens with two attached hydrogens (primary N) is 1. The van der Waals surface area contributed by atoms with Crippen LogP contribution in [0.5, 0.6) is 5.75 Å². The predicted octanol–water partition coefficient (Wildman–Crippen LogP) is 1.60. The zero-order valence-electron chi connectivity index (χ0n) is 13.0. The first kappa shape index (κ1) is 15.5. The zero-order chi connectivity index (χ0) is 17.1. The lowest BCUT2D eigenvalue weighted by Gasteiger charge is -2.09. The number of aromatic nitrogens is 2. The largest absolute Gasteiger partial charge is 0.496 e. The van der Waals surface area contributed by atoms with Gasteiger partial charge in [0.2, 0.25) is 0 Å². The van der Waals surface area contributed by atoms with Crippen molar-refractivity contribution >= 4 is 22.8 Å². The fourth-order valence-corrected chi connectivity index (χ4v) is 2.45. The van der Waals surface area contributed by atoms with Crippen LogP contribution in [0.25, 0.3) is 11.0 Å². The second-order valence-corrected chi connectivity index (χ2v) is 5.15. The van der Waals surface area contributed by atoms with Crippen LogP contribution in [0.15, 0.2) is 42.5 Å². The van der Waals surface area contributed by atoms with Crippen LogP contribution in [0.1, 0.15) is 26.5 Å². The number of H-pyrrole nitrogens is 1. The van der Waals surface area contributed by atoms with Gasteiger partial charge in [-0.05, 0) is 18.2 Å². The second kappa shape index (κ2) is 6.41. The van der Waals surface area contributed by atoms with Crippen molar-refractivity contribution in [3.63, 3.8) is 0 Å². The molecule has 1 aromatic heterocycles. The summed E-state index contributed by atoms with van der Waals surface area (Å²) in [5.74, 6) is -0.248. The van der Waals surface area contributed by atoms with Gasteiger partial charge in [0.05, 0.1) is 18.2 Å². The molecule has 0 saturated carbocycles. The van der Waals surface area contributed by atoms with E-state index in [1.165, 1.54) is 0 Å². The standard InChI is InChI=1S/C17H16N4O3/c1-24-13-8-3-2-5-10(13)9-19-17(23)11-6-4-7-12-14(11)21-16(20-12)15(18)22/h2-8H,9H2,1H3,(H2,18,22)(H,19,23)(H,20,21). The lowest BCUT2D eigenvalue weighted by atomic mass is 10.1. The van der Waals surface area contributed by atoms with Gasteiger partial charge in [0.15, 0.2) is 5.82 Å². The molecule has 2 amide bonds. The Morgan fingerprint density at radius 2 is 2.00 bits per heavy atom. The quantitative estimate of drug-likeness (QED) is 0.662. The molecule has 0 aliphatic rings. The molecule has 0 atom stereocenters. The van der Waals surface area contributed by atoms with Gasteiger partial charge in [0.1, 0.15) is 11.3 Å². The van der Waals surface area contributed by atoms with E-state index in [9.17, 15) is 9.59 Å². The number of rotatable bonds is 5. The van der Waals surface area contributed by atoms with E-state index < -0.39 is 5.91 Å². The number of para-hydroxylation sites is 2. The molecule has 0 bridgehead atoms. The highest BCUT2D eigenvalue weighted by molar-refractivity contribution is 6.06. The summed E-state index contributed by atoms with van der Waals surface area (Å²) in [7, 11) is 1.58. The molecule has 0 spiro atoms. The molecule has 0 saturated heterocycles. The molecule has 3 rings (SSSR count). The van der Waals surface area contributed by atoms with Gasteiger partial charge < -0.3 is 20.8 Å². The Labute approximate surface area is 137 Å². The molecule has 0 radical (unpaired) electrons. The van der Waals surface area contributed by atoms with E-state index in [2.05, 4.69) is 15.3 Å². The SMILES string of the molecule is COc1ccccc1CNC(=O)c1cccc2[nH]c(C(N)=O)nc12. The molecule has 24 heavy (non-hydrogen) atoms. The van der Waals surface area contributed by atoms with Gasteiger partial charge in [-0.25, -0.2) is 4.98 Å². The molecular weight excluding hydrogens is 308 g/mol. The molecule has 4 N–H and O–H groups in total. The Balaban J connectivity index is 1.85. The molecule has 1 heterocycles. The minimum Gasteiger partial charge on any atom is -0.496 e. The van der Waals surface area contributed by atoms with Gasteiger partial charge in [-0.1, -0.05) is 24.3 Å². The van der Waals surface area contributed by atoms with E-state index in [0.29, 0.717) is 28.9 Å². The summed E-state index contributed by atoms with van der Waals surface area (Å²) in [5.41, 5.74) is 7.44. The van der Waals surface area contributed by atoms with Gasteiger partial charge >= 0.3 is 0 Å². The average Bonchev–Trinajstić information content (AvgIpc) is 3.04. The van der Waals surface area contributed by atoms with Crippen molar-refractivity contribution in [1.29, 1.82) is 0 Å². The summed E-state index contributed by atoms with van der Waals surface area (Å²) in [5, 5.41) is 2.83. The van der Waals surface area contributed by atoms with Gasteiger partial charge in [-0.2, -0.15) is 0 Å². The Morgan fingerprint density at radius 3 is 2.75 bits per heavy atom. The summed E-state index contributed by atoms with van der Waals surface area (Å²) >= 11 is 0. The first-order chi connectivity index (χ1) is 11.6. The molecule has 122 valence electrons. The Kier molecular flexibility index (Phi) is 4.15. The van der Waals surface area contributed by atoms with Crippen molar-refractivity contribution in [3.8, 4) is 5.75 Å². The van der Waals surface area contributed by atoms with E-state index in [0.717, 1.165) is 5.56 Å². The second-order valence-electron chi connectivity index (χ2n) is 5.15. The summed E-state index contributed by atoms with van der Waals surface area (Å²) in [6, 6.07) is 12.5. The smallest absolute Gasteiger partial charge is 0.284 e. The van der Waals surface area contributed by atoms with Crippen LogP contribution in [0.4, 0.5) is 0 Å². The highest BCUT2D eigenvalue weighted by atomic mass is 16.5. The van der Waals surface area contributed by atoms with Gasteiger partial charge in [-0.15, -0.1) is 0 Å². The normalized spacial score (nSPS) is 10.5. The number of primary amides is 1. The number of nitrogens with zero attached hydrogens (tertiary/aromatic N) is 1. The topological polar surface area (TPSA) is 110 Å². The maximum absolute atomic E-state index is 12.5. The molecular formula is C17H16N4O3. The Hall–Kier alpha value is -3.35. The zero-order valence-corrected chi connectivity index (χ0v) is 13.0. The fourth-order valence-electron chi connectivity index (χ4n) is 2.45. The molecule has 3 aromatic rings. The highest BCUT2D eigenvalue weighted by Gasteiger charge is 2.15. The number of hydrogen-bond donors (Lipinski definition) is 3. The first-order valence-electron chi connectivity index (χ1n) is 7.28. The molecule has 7 nitrogen and oxygen atoms in total. The van der Waals surface area contributed by atoms with Crippen LogP contribution in [0.2, 0.25) is 0 Å². The average molecular weight is 324 g/mol. The number of ether oxygens (including phenoxy) is 1. The van der Waals surface area contributed by atoms with Crippen LogP contribution in [0, 0.1) is 0 Å². The van der Waals surface area contributed by atoms with Gasteiger partial charge in [0.25, 0.3) is 11.8 Å². The lowest BCUT2D eigenvalue weighted by molar-refractivity contribution is 0.0950. The minimum absolute atomic E-state index is 0.0231. The third kappa shape index (κ3) is 2.91. The number of imidazole rings is 1. The predicted molar refractivity (Wildman–Crippen MR) is 88.8 cm³/mol. The lowest BCUT2D eigenvalue weighted by Crippen LogP contribution is -2.23. The highest BCUT2D eigenvalue weighted by Crippen LogP contribution is 2.19. The third-order valence-corrected chi connectivity index (χ3v) is 3.62. The van der Waals surface area contributed by atoms with E-state index in [1.807, 2.05) is 24.3 Å². The number of amides is 2. The van der Waals surface area contributed by atoms with E-state index in [1.54, 1.807) is 25.3 Å². The van der Waals surface area contributed by atoms with Crippen molar-refractivity contribution in [3.05, 3.63) is 59.4 Å². The molecule has 2 aromatic carbocycles. The number of fused-ring (bicyclic) bond motifs is 1. The number of nitrogens with one attached hydrogen (secondary N) is 2. The van der Waals surface area contributed by atoms with Crippen molar-refractivity contribution in [2.75, 3.05) is 7.11 Å². The van der Waals surface area contributed by atoms with E-state index in [-0.39, 0.29) is 11.7 Å². The van der Waals surface area contributed by atoms with Crippen LogP contribution in [-0.2, 0) is 6.54 Å². The molecule has 0 aliphatic carbocycles. The summed E-state index contributed by atoms with van der Waals surface area (Å²) in [4.78, 5) is 30.6. The van der Waals surface area contributed by atoms with Crippen LogP contribution in [-0.4, -0.2) is 28.9 Å². The molecule has 0 fully saturated rings. The monoisotopic (exact) mass is 324 g/mol. The summed E-state index contributed by atoms with van der Waals surface area (Å²) in [6.07, 6.45) is 0. The maximum atomic E-state index is 12.5. The van der Waals surface area contributed by atoms with Gasteiger partial charge in [0, 0.05) is 12.1 Å². The van der Waals surface area contributed by atoms with Crippen molar-refractivity contribution < 1.29 is 14.3 Å². The minimum atomic E-state index is -0.674. The number of carbonyl (C=O) groups is 2. The van der Waals surface area contributed by atoms with Crippen LogP contribution in [0.3, 0.4) is 0 Å². The third-order valence-electron chi connectivity index (χ3n) is 3.62. The van der Waals surface area contributed by atoms with Crippen LogP contribution >= 0.6 is 0 Å². The number of methoxy groups -OCH3 is 1. The molecule has 7 heteroatoms. The van der Waals surface area contributed by atoms with Gasteiger partial charge in [-0.3, -0.25) is 9.59 Å². The Bertz CT molecular complexity index is 917. The number of aromatic amines is 1.